The molecule has 6 rings (SSSR count). The van der Waals surface area contributed by atoms with Crippen molar-refractivity contribution in [2.24, 2.45) is 0 Å². The topological polar surface area (TPSA) is 135 Å². The Morgan fingerprint density at radius 3 is 2.48 bits per heavy atom. The smallest absolute Gasteiger partial charge is 0.270 e. The number of nitro benzene ring substituents is 1. The molecule has 3 aromatic carbocycles. The minimum Gasteiger partial charge on any atom is -0.454 e. The monoisotopic (exact) mass is 571 g/mol. The van der Waals surface area contributed by atoms with Crippen LogP contribution >= 0.6 is 0 Å². The zero-order valence-electron chi connectivity index (χ0n) is 22.7. The van der Waals surface area contributed by atoms with Gasteiger partial charge in [0.2, 0.25) is 12.7 Å². The maximum Gasteiger partial charge on any atom is 0.270 e. The van der Waals surface area contributed by atoms with E-state index in [0.29, 0.717) is 37.4 Å². The molecular formula is C30H29N5O7. The number of piperidine rings is 1. The third kappa shape index (κ3) is 5.06. The summed E-state index contributed by atoms with van der Waals surface area (Å²) in [6, 6.07) is 20.7. The van der Waals surface area contributed by atoms with Crippen molar-refractivity contribution in [1.29, 1.82) is 0 Å². The van der Waals surface area contributed by atoms with Crippen LogP contribution in [0.4, 0.5) is 11.4 Å². The van der Waals surface area contributed by atoms with Gasteiger partial charge in [0.15, 0.2) is 11.5 Å². The first-order valence-electron chi connectivity index (χ1n) is 13.7. The van der Waals surface area contributed by atoms with Crippen LogP contribution in [-0.4, -0.2) is 71.1 Å². The molecule has 3 heterocycles. The predicted molar refractivity (Wildman–Crippen MR) is 151 cm³/mol. The second-order valence-corrected chi connectivity index (χ2v) is 10.5. The molecule has 1 spiro atoms. The summed E-state index contributed by atoms with van der Waals surface area (Å²) >= 11 is 0. The number of ether oxygens (including phenoxy) is 2. The zero-order valence-corrected chi connectivity index (χ0v) is 22.7. The maximum absolute atomic E-state index is 14.0. The SMILES string of the molecule is O=C(CN1CN(c2ccccc2)C2(CCN(C(=O)c3cccc([N+](=O)[O-])c3)CC2)C1=O)NCc1ccc2c(c1)OCO2. The second kappa shape index (κ2) is 11.0. The van der Waals surface area contributed by atoms with E-state index in [0.717, 1.165) is 11.3 Å². The number of benzene rings is 3. The van der Waals surface area contributed by atoms with Crippen molar-refractivity contribution in [2.45, 2.75) is 24.9 Å². The van der Waals surface area contributed by atoms with Crippen LogP contribution in [0.3, 0.4) is 0 Å². The van der Waals surface area contributed by atoms with E-state index < -0.39 is 10.5 Å². The Morgan fingerprint density at radius 2 is 1.71 bits per heavy atom. The quantitative estimate of drug-likeness (QED) is 0.338. The number of para-hydroxylation sites is 1. The largest absolute Gasteiger partial charge is 0.454 e. The Labute approximate surface area is 241 Å². The molecule has 12 heteroatoms. The van der Waals surface area contributed by atoms with Gasteiger partial charge in [0, 0.05) is 43.0 Å². The number of fused-ring (bicyclic) bond motifs is 1. The number of hydrogen-bond acceptors (Lipinski definition) is 8. The minimum absolute atomic E-state index is 0.106. The van der Waals surface area contributed by atoms with Crippen LogP contribution < -0.4 is 19.7 Å². The molecule has 12 nitrogen and oxygen atoms in total. The van der Waals surface area contributed by atoms with Gasteiger partial charge >= 0.3 is 0 Å². The van der Waals surface area contributed by atoms with Crippen molar-refractivity contribution in [3.63, 3.8) is 0 Å². The Balaban J connectivity index is 1.15. The third-order valence-corrected chi connectivity index (χ3v) is 8.02. The second-order valence-electron chi connectivity index (χ2n) is 10.5. The first kappa shape index (κ1) is 27.1. The van der Waals surface area contributed by atoms with Crippen molar-refractivity contribution in [3.05, 3.63) is 94.0 Å². The summed E-state index contributed by atoms with van der Waals surface area (Å²) in [7, 11) is 0. The summed E-state index contributed by atoms with van der Waals surface area (Å²) in [5.74, 6) is 0.533. The predicted octanol–water partition coefficient (Wildman–Crippen LogP) is 2.92. The molecule has 0 atom stereocenters. The van der Waals surface area contributed by atoms with Gasteiger partial charge in [0.05, 0.1) is 11.6 Å². The van der Waals surface area contributed by atoms with Crippen LogP contribution in [0, 0.1) is 10.1 Å². The average Bonchev–Trinajstić information content (AvgIpc) is 3.59. The lowest BCUT2D eigenvalue weighted by atomic mass is 9.85. The molecule has 2 saturated heterocycles. The highest BCUT2D eigenvalue weighted by Crippen LogP contribution is 2.40. The summed E-state index contributed by atoms with van der Waals surface area (Å²) in [6.07, 6.45) is 0.716. The number of non-ortho nitro benzene ring substituents is 1. The zero-order chi connectivity index (χ0) is 29.3. The molecule has 0 unspecified atom stereocenters. The molecule has 42 heavy (non-hydrogen) atoms. The van der Waals surface area contributed by atoms with E-state index in [1.165, 1.54) is 18.2 Å². The van der Waals surface area contributed by atoms with Crippen LogP contribution in [0.15, 0.2) is 72.8 Å². The Kier molecular flexibility index (Phi) is 7.11. The molecule has 3 aliphatic heterocycles. The highest BCUT2D eigenvalue weighted by molar-refractivity contribution is 5.98. The minimum atomic E-state index is -0.918. The molecule has 1 N–H and O–H groups in total. The summed E-state index contributed by atoms with van der Waals surface area (Å²) in [5, 5.41) is 14.1. The normalized spacial score (nSPS) is 17.0. The third-order valence-electron chi connectivity index (χ3n) is 8.02. The lowest BCUT2D eigenvalue weighted by Crippen LogP contribution is -2.57. The number of amides is 3. The molecule has 3 aliphatic rings. The molecule has 0 bridgehead atoms. The van der Waals surface area contributed by atoms with E-state index in [9.17, 15) is 24.5 Å². The van der Waals surface area contributed by atoms with Crippen LogP contribution in [0.1, 0.15) is 28.8 Å². The number of anilines is 1. The van der Waals surface area contributed by atoms with Gasteiger partial charge in [-0.2, -0.15) is 0 Å². The Bertz CT molecular complexity index is 1540. The molecule has 216 valence electrons. The summed E-state index contributed by atoms with van der Waals surface area (Å²) in [4.78, 5) is 56.0. The number of nitro groups is 1. The number of carbonyl (C=O) groups is 3. The van der Waals surface area contributed by atoms with E-state index in [1.54, 1.807) is 21.9 Å². The first-order chi connectivity index (χ1) is 20.3. The fourth-order valence-electron chi connectivity index (χ4n) is 5.82. The van der Waals surface area contributed by atoms with Crippen LogP contribution in [0.25, 0.3) is 0 Å². The van der Waals surface area contributed by atoms with Gasteiger partial charge in [-0.1, -0.05) is 30.3 Å². The number of carbonyl (C=O) groups excluding carboxylic acids is 3. The fourth-order valence-corrected chi connectivity index (χ4v) is 5.82. The average molecular weight is 572 g/mol. The van der Waals surface area contributed by atoms with Gasteiger partial charge in [0.25, 0.3) is 17.5 Å². The number of nitrogens with zero attached hydrogens (tertiary/aromatic N) is 4. The van der Waals surface area contributed by atoms with Crippen molar-refractivity contribution >= 4 is 29.1 Å². The molecule has 2 fully saturated rings. The molecule has 0 aliphatic carbocycles. The summed E-state index contributed by atoms with van der Waals surface area (Å²) in [6.45, 7) is 1.16. The summed E-state index contributed by atoms with van der Waals surface area (Å²) in [5.41, 5.74) is 0.871. The molecule has 0 saturated carbocycles. The van der Waals surface area contributed by atoms with Crippen molar-refractivity contribution < 1.29 is 28.8 Å². The number of likely N-dealkylation sites (tertiary alicyclic amines) is 1. The number of rotatable bonds is 7. The van der Waals surface area contributed by atoms with E-state index in [2.05, 4.69) is 5.32 Å². The maximum atomic E-state index is 14.0. The highest BCUT2D eigenvalue weighted by atomic mass is 16.7. The lowest BCUT2D eigenvalue weighted by Gasteiger charge is -2.43. The highest BCUT2D eigenvalue weighted by Gasteiger charge is 2.54. The van der Waals surface area contributed by atoms with Gasteiger partial charge < -0.3 is 29.5 Å². The molecule has 0 aromatic heterocycles. The molecule has 3 aromatic rings. The van der Waals surface area contributed by atoms with Gasteiger partial charge in [0.1, 0.15) is 12.1 Å². The van der Waals surface area contributed by atoms with Crippen molar-refractivity contribution in [1.82, 2.24) is 15.1 Å². The lowest BCUT2D eigenvalue weighted by molar-refractivity contribution is -0.384. The Hall–Kier alpha value is -5.13. The van der Waals surface area contributed by atoms with Crippen LogP contribution in [-0.2, 0) is 16.1 Å². The standard InChI is InChI=1S/C30H29N5O7/c36-27(31-17-21-9-10-25-26(15-21)42-20-41-25)18-33-19-34(23-6-2-1-3-7-23)30(29(33)38)11-13-32(14-12-30)28(37)22-5-4-8-24(16-22)35(39)40/h1-10,15-16H,11-14,17-20H2,(H,31,36). The molecule has 0 radical (unpaired) electrons. The number of nitrogens with one attached hydrogen (secondary N) is 1. The van der Waals surface area contributed by atoms with Crippen molar-refractivity contribution in [2.75, 3.05) is 38.0 Å². The van der Waals surface area contributed by atoms with E-state index >= 15 is 0 Å². The van der Waals surface area contributed by atoms with Gasteiger partial charge in [-0.15, -0.1) is 0 Å². The van der Waals surface area contributed by atoms with E-state index in [4.69, 9.17) is 9.47 Å². The Morgan fingerprint density at radius 1 is 0.952 bits per heavy atom. The van der Waals surface area contributed by atoms with Crippen LogP contribution in [0.5, 0.6) is 11.5 Å². The van der Waals surface area contributed by atoms with Gasteiger partial charge in [-0.3, -0.25) is 24.5 Å². The molecular weight excluding hydrogens is 542 g/mol. The number of hydrogen-bond donors (Lipinski definition) is 1. The van der Waals surface area contributed by atoms with Crippen LogP contribution in [0.2, 0.25) is 0 Å². The van der Waals surface area contributed by atoms with E-state index in [-0.39, 0.29) is 55.5 Å². The summed E-state index contributed by atoms with van der Waals surface area (Å²) < 4.78 is 10.7. The first-order valence-corrected chi connectivity index (χ1v) is 13.7. The van der Waals surface area contributed by atoms with E-state index in [1.807, 2.05) is 47.4 Å². The molecule has 3 amide bonds. The van der Waals surface area contributed by atoms with Gasteiger partial charge in [-0.05, 0) is 48.7 Å². The van der Waals surface area contributed by atoms with Crippen molar-refractivity contribution in [3.8, 4) is 11.5 Å². The van der Waals surface area contributed by atoms with Gasteiger partial charge in [-0.25, -0.2) is 0 Å². The fraction of sp³-hybridized carbons (Fsp3) is 0.300.